The molecule has 1 fully saturated rings. The number of nitrogens with zero attached hydrogens (tertiary/aromatic N) is 1. The van der Waals surface area contributed by atoms with Crippen LogP contribution in [-0.4, -0.2) is 39.2 Å². The van der Waals surface area contributed by atoms with Crippen molar-refractivity contribution in [3.63, 3.8) is 0 Å². The van der Waals surface area contributed by atoms with E-state index in [-0.39, 0.29) is 17.7 Å². The number of carbonyl (C=O) groups excluding carboxylic acids is 2. The van der Waals surface area contributed by atoms with E-state index in [0.717, 1.165) is 25.7 Å². The van der Waals surface area contributed by atoms with Gasteiger partial charge in [-0.25, -0.2) is 0 Å². The van der Waals surface area contributed by atoms with Gasteiger partial charge < -0.3 is 23.9 Å². The maximum Gasteiger partial charge on any atom is 0.294 e. The van der Waals surface area contributed by atoms with Gasteiger partial charge in [-0.3, -0.25) is 14.5 Å². The van der Waals surface area contributed by atoms with Crippen LogP contribution in [0.15, 0.2) is 59.2 Å². The van der Waals surface area contributed by atoms with E-state index in [1.807, 2.05) is 0 Å². The largest absolute Gasteiger partial charge is 0.493 e. The number of nitrogens with one attached hydrogen (secondary N) is 1. The predicted octanol–water partition coefficient (Wildman–Crippen LogP) is 5.41. The van der Waals surface area contributed by atoms with Gasteiger partial charge in [0.2, 0.25) is 11.7 Å². The second-order valence-electron chi connectivity index (χ2n) is 8.48. The fourth-order valence-electron chi connectivity index (χ4n) is 4.56. The third-order valence-corrected chi connectivity index (χ3v) is 6.48. The van der Waals surface area contributed by atoms with Gasteiger partial charge in [-0.05, 0) is 60.9 Å². The highest BCUT2D eigenvalue weighted by molar-refractivity contribution is 6.31. The molecule has 1 saturated carbocycles. The third kappa shape index (κ3) is 5.28. The van der Waals surface area contributed by atoms with Crippen LogP contribution in [0.1, 0.15) is 47.8 Å². The van der Waals surface area contributed by atoms with E-state index in [9.17, 15) is 9.59 Å². The number of rotatable bonds is 9. The molecular weight excluding hydrogens is 484 g/mol. The van der Waals surface area contributed by atoms with Crippen molar-refractivity contribution in [3.05, 3.63) is 71.1 Å². The molecule has 1 heterocycles. The van der Waals surface area contributed by atoms with Crippen molar-refractivity contribution in [1.82, 2.24) is 5.32 Å². The van der Waals surface area contributed by atoms with Crippen LogP contribution in [-0.2, 0) is 4.79 Å². The molecule has 4 rings (SSSR count). The first kappa shape index (κ1) is 25.4. The zero-order chi connectivity index (χ0) is 25.7. The Morgan fingerprint density at radius 3 is 2.25 bits per heavy atom. The first-order chi connectivity index (χ1) is 17.5. The van der Waals surface area contributed by atoms with E-state index < -0.39 is 11.9 Å². The molecule has 190 valence electrons. The molecule has 8 nitrogen and oxygen atoms in total. The Labute approximate surface area is 215 Å². The summed E-state index contributed by atoms with van der Waals surface area (Å²) in [6.07, 6.45) is 5.27. The van der Waals surface area contributed by atoms with Gasteiger partial charge in [0.1, 0.15) is 6.04 Å². The summed E-state index contributed by atoms with van der Waals surface area (Å²) in [4.78, 5) is 29.2. The Morgan fingerprint density at radius 1 is 1.00 bits per heavy atom. The number of carbonyl (C=O) groups is 2. The number of amides is 2. The Morgan fingerprint density at radius 2 is 1.69 bits per heavy atom. The highest BCUT2D eigenvalue weighted by atomic mass is 35.5. The molecule has 1 N–H and O–H groups in total. The molecule has 1 unspecified atom stereocenters. The van der Waals surface area contributed by atoms with Crippen LogP contribution in [0.3, 0.4) is 0 Å². The molecule has 2 aromatic carbocycles. The molecular formula is C27H29ClN2O6. The monoisotopic (exact) mass is 512 g/mol. The average molecular weight is 513 g/mol. The molecule has 0 saturated heterocycles. The van der Waals surface area contributed by atoms with Crippen LogP contribution in [0.5, 0.6) is 17.2 Å². The van der Waals surface area contributed by atoms with Crippen molar-refractivity contribution in [3.8, 4) is 17.2 Å². The van der Waals surface area contributed by atoms with Crippen LogP contribution in [0.4, 0.5) is 5.69 Å². The SMILES string of the molecule is COc1cc(C(C(=O)NC2CCCC2)N(C(=O)c2ccco2)c2cccc(Cl)c2)cc(OC)c1OC. The Bertz CT molecular complexity index is 1180. The number of ether oxygens (including phenoxy) is 3. The quantitative estimate of drug-likeness (QED) is 0.412. The maximum atomic E-state index is 13.9. The van der Waals surface area contributed by atoms with Crippen molar-refractivity contribution in [1.29, 1.82) is 0 Å². The van der Waals surface area contributed by atoms with E-state index in [1.165, 1.54) is 32.5 Å². The number of methoxy groups -OCH3 is 3. The second-order valence-corrected chi connectivity index (χ2v) is 8.92. The molecule has 0 aliphatic heterocycles. The van der Waals surface area contributed by atoms with Crippen molar-refractivity contribution in [2.24, 2.45) is 0 Å². The zero-order valence-corrected chi connectivity index (χ0v) is 21.2. The second kappa shape index (κ2) is 11.4. The van der Waals surface area contributed by atoms with Crippen LogP contribution in [0.2, 0.25) is 5.02 Å². The standard InChI is InChI=1S/C27H29ClN2O6/c1-33-22-14-17(15-23(34-2)25(22)35-3)24(26(31)29-19-9-4-5-10-19)30(20-11-6-8-18(28)16-20)27(32)21-12-7-13-36-21/h6-8,11-16,19,24H,4-5,9-10H2,1-3H3,(H,29,31). The lowest BCUT2D eigenvalue weighted by atomic mass is 10.0. The molecule has 0 radical (unpaired) electrons. The van der Waals surface area contributed by atoms with Gasteiger partial charge in [0.25, 0.3) is 5.91 Å². The summed E-state index contributed by atoms with van der Waals surface area (Å²) >= 11 is 6.30. The lowest BCUT2D eigenvalue weighted by Gasteiger charge is -2.32. The van der Waals surface area contributed by atoms with Crippen molar-refractivity contribution in [2.75, 3.05) is 26.2 Å². The Hall–Kier alpha value is -3.65. The molecule has 1 aromatic heterocycles. The molecule has 1 aliphatic rings. The molecule has 0 spiro atoms. The minimum atomic E-state index is -1.09. The minimum Gasteiger partial charge on any atom is -0.493 e. The number of halogens is 1. The van der Waals surface area contributed by atoms with Gasteiger partial charge in [0.05, 0.1) is 27.6 Å². The summed E-state index contributed by atoms with van der Waals surface area (Å²) < 4.78 is 22.0. The summed E-state index contributed by atoms with van der Waals surface area (Å²) in [5, 5.41) is 3.56. The van der Waals surface area contributed by atoms with Gasteiger partial charge in [-0.15, -0.1) is 0 Å². The summed E-state index contributed by atoms with van der Waals surface area (Å²) in [6.45, 7) is 0. The molecule has 1 aliphatic carbocycles. The molecule has 2 amide bonds. The smallest absolute Gasteiger partial charge is 0.294 e. The van der Waals surface area contributed by atoms with E-state index in [0.29, 0.717) is 33.5 Å². The van der Waals surface area contributed by atoms with Gasteiger partial charge in [0, 0.05) is 16.8 Å². The molecule has 1 atom stereocenters. The lowest BCUT2D eigenvalue weighted by Crippen LogP contribution is -2.46. The highest BCUT2D eigenvalue weighted by Crippen LogP contribution is 2.42. The van der Waals surface area contributed by atoms with E-state index in [2.05, 4.69) is 5.32 Å². The number of hydrogen-bond acceptors (Lipinski definition) is 6. The highest BCUT2D eigenvalue weighted by Gasteiger charge is 2.37. The molecule has 0 bridgehead atoms. The topological polar surface area (TPSA) is 90.2 Å². The maximum absolute atomic E-state index is 13.9. The molecule has 36 heavy (non-hydrogen) atoms. The Kier molecular flexibility index (Phi) is 8.05. The van der Waals surface area contributed by atoms with Crippen LogP contribution < -0.4 is 24.4 Å². The zero-order valence-electron chi connectivity index (χ0n) is 20.5. The van der Waals surface area contributed by atoms with Crippen molar-refractivity contribution >= 4 is 29.1 Å². The van der Waals surface area contributed by atoms with Gasteiger partial charge in [-0.2, -0.15) is 0 Å². The van der Waals surface area contributed by atoms with Crippen LogP contribution in [0, 0.1) is 0 Å². The van der Waals surface area contributed by atoms with Crippen molar-refractivity contribution in [2.45, 2.75) is 37.8 Å². The van der Waals surface area contributed by atoms with E-state index in [1.54, 1.807) is 48.5 Å². The fraction of sp³-hybridized carbons (Fsp3) is 0.333. The Balaban J connectivity index is 1.90. The summed E-state index contributed by atoms with van der Waals surface area (Å²) in [7, 11) is 4.50. The fourth-order valence-corrected chi connectivity index (χ4v) is 4.74. The third-order valence-electron chi connectivity index (χ3n) is 6.25. The van der Waals surface area contributed by atoms with Gasteiger partial charge >= 0.3 is 0 Å². The predicted molar refractivity (Wildman–Crippen MR) is 136 cm³/mol. The normalized spacial score (nSPS) is 14.2. The van der Waals surface area contributed by atoms with Gasteiger partial charge in [-0.1, -0.05) is 30.5 Å². The first-order valence-corrected chi connectivity index (χ1v) is 12.1. The summed E-state index contributed by atoms with van der Waals surface area (Å²) in [5.74, 6) is 0.356. The lowest BCUT2D eigenvalue weighted by molar-refractivity contribution is -0.123. The van der Waals surface area contributed by atoms with Crippen LogP contribution >= 0.6 is 11.6 Å². The molecule has 9 heteroatoms. The summed E-state index contributed by atoms with van der Waals surface area (Å²) in [5.41, 5.74) is 0.907. The average Bonchev–Trinajstić information content (AvgIpc) is 3.60. The number of benzene rings is 2. The summed E-state index contributed by atoms with van der Waals surface area (Å²) in [6, 6.07) is 12.3. The van der Waals surface area contributed by atoms with Crippen molar-refractivity contribution < 1.29 is 28.2 Å². The van der Waals surface area contributed by atoms with E-state index >= 15 is 0 Å². The van der Waals surface area contributed by atoms with Crippen LogP contribution in [0.25, 0.3) is 0 Å². The van der Waals surface area contributed by atoms with Gasteiger partial charge in [0.15, 0.2) is 17.3 Å². The van der Waals surface area contributed by atoms with E-state index in [4.69, 9.17) is 30.2 Å². The number of furan rings is 1. The first-order valence-electron chi connectivity index (χ1n) is 11.7. The number of hydrogen-bond donors (Lipinski definition) is 1. The minimum absolute atomic E-state index is 0.0296. The molecule has 3 aromatic rings. The number of anilines is 1.